The van der Waals surface area contributed by atoms with Crippen LogP contribution in [-0.2, 0) is 0 Å². The minimum Gasteiger partial charge on any atom is -0.399 e. The van der Waals surface area contributed by atoms with Crippen molar-refractivity contribution in [3.63, 3.8) is 0 Å². The molecule has 4 rings (SSSR count). The summed E-state index contributed by atoms with van der Waals surface area (Å²) in [5, 5.41) is 5.22. The third-order valence-corrected chi connectivity index (χ3v) is 4.09. The summed E-state index contributed by atoms with van der Waals surface area (Å²) < 4.78 is 0. The van der Waals surface area contributed by atoms with Gasteiger partial charge in [0.15, 0.2) is 0 Å². The van der Waals surface area contributed by atoms with Gasteiger partial charge < -0.3 is 11.5 Å². The van der Waals surface area contributed by atoms with Gasteiger partial charge in [0.05, 0.1) is 10.7 Å². The van der Waals surface area contributed by atoms with Crippen LogP contribution in [0.3, 0.4) is 0 Å². The van der Waals surface area contributed by atoms with Gasteiger partial charge in [-0.1, -0.05) is 72.3 Å². The fourth-order valence-corrected chi connectivity index (χ4v) is 2.69. The van der Waals surface area contributed by atoms with Gasteiger partial charge in [-0.25, -0.2) is 0 Å². The lowest BCUT2D eigenvalue weighted by atomic mass is 10.1. The molecule has 0 fully saturated rings. The minimum atomic E-state index is 0.635. The van der Waals surface area contributed by atoms with Crippen LogP contribution in [0.4, 0.5) is 11.4 Å². The van der Waals surface area contributed by atoms with Crippen LogP contribution in [0, 0.1) is 0 Å². The first-order valence-electron chi connectivity index (χ1n) is 7.32. The van der Waals surface area contributed by atoms with Crippen molar-refractivity contribution in [3.8, 4) is 0 Å². The van der Waals surface area contributed by atoms with E-state index in [1.165, 1.54) is 10.8 Å². The van der Waals surface area contributed by atoms with E-state index < -0.39 is 0 Å². The summed E-state index contributed by atoms with van der Waals surface area (Å²) in [6.07, 6.45) is 0. The summed E-state index contributed by atoms with van der Waals surface area (Å²) in [5.74, 6) is 0. The molecule has 4 aromatic carbocycles. The van der Waals surface area contributed by atoms with E-state index in [-0.39, 0.29) is 0 Å². The first kappa shape index (κ1) is 15.2. The van der Waals surface area contributed by atoms with Crippen molar-refractivity contribution < 1.29 is 0 Å². The maximum atomic E-state index is 6.00. The highest BCUT2D eigenvalue weighted by Crippen LogP contribution is 2.28. The van der Waals surface area contributed by atoms with Crippen LogP contribution in [0.25, 0.3) is 21.5 Å². The van der Waals surface area contributed by atoms with Gasteiger partial charge in [0.25, 0.3) is 0 Å². The van der Waals surface area contributed by atoms with Crippen LogP contribution in [-0.4, -0.2) is 0 Å². The van der Waals surface area contributed by atoms with Crippen LogP contribution < -0.4 is 11.5 Å². The van der Waals surface area contributed by atoms with Gasteiger partial charge in [0.1, 0.15) is 0 Å². The molecule has 0 bridgehead atoms. The highest BCUT2D eigenvalue weighted by molar-refractivity contribution is 6.38. The number of benzene rings is 4. The summed E-state index contributed by atoms with van der Waals surface area (Å²) >= 11 is 6.00. The normalized spacial score (nSPS) is 10.3. The zero-order chi connectivity index (χ0) is 16.2. The van der Waals surface area contributed by atoms with Crippen molar-refractivity contribution in [3.05, 3.63) is 83.9 Å². The second-order valence-electron chi connectivity index (χ2n) is 5.30. The number of hydrogen-bond acceptors (Lipinski definition) is 2. The van der Waals surface area contributed by atoms with Crippen LogP contribution in [0.15, 0.2) is 78.9 Å². The standard InChI is InChI=1S/C10H8ClN.C10H9N/c11-10-8-4-2-1-3-7(8)5-6-9(10)12;11-10-6-5-8-3-1-2-4-9(8)7-10/h1-6H,12H2;1-7H,11H2. The monoisotopic (exact) mass is 320 g/mol. The summed E-state index contributed by atoms with van der Waals surface area (Å²) in [7, 11) is 0. The Kier molecular flexibility index (Phi) is 4.35. The molecule has 0 aliphatic carbocycles. The summed E-state index contributed by atoms with van der Waals surface area (Å²) in [5.41, 5.74) is 12.7. The van der Waals surface area contributed by atoms with E-state index in [0.29, 0.717) is 10.7 Å². The van der Waals surface area contributed by atoms with Crippen molar-refractivity contribution in [2.45, 2.75) is 0 Å². The highest BCUT2D eigenvalue weighted by atomic mass is 35.5. The molecule has 114 valence electrons. The van der Waals surface area contributed by atoms with E-state index in [4.69, 9.17) is 23.1 Å². The molecule has 0 radical (unpaired) electrons. The van der Waals surface area contributed by atoms with Crippen LogP contribution in [0.1, 0.15) is 0 Å². The molecule has 4 aromatic rings. The lowest BCUT2D eigenvalue weighted by Gasteiger charge is -2.02. The molecule has 23 heavy (non-hydrogen) atoms. The Labute approximate surface area is 140 Å². The lowest BCUT2D eigenvalue weighted by Crippen LogP contribution is -1.85. The number of anilines is 2. The average molecular weight is 321 g/mol. The Balaban J connectivity index is 0.000000136. The predicted octanol–water partition coefficient (Wildman–Crippen LogP) is 5.50. The summed E-state index contributed by atoms with van der Waals surface area (Å²) in [6, 6.07) is 25.8. The van der Waals surface area contributed by atoms with E-state index in [2.05, 4.69) is 12.1 Å². The average Bonchev–Trinajstić information content (AvgIpc) is 2.59. The molecule has 2 nitrogen and oxygen atoms in total. The molecule has 0 spiro atoms. The number of hydrogen-bond donors (Lipinski definition) is 2. The number of nitrogen functional groups attached to an aromatic ring is 2. The van der Waals surface area contributed by atoms with Gasteiger partial charge in [-0.2, -0.15) is 0 Å². The van der Waals surface area contributed by atoms with Gasteiger partial charge in [0.2, 0.25) is 0 Å². The Morgan fingerprint density at radius 2 is 1.22 bits per heavy atom. The van der Waals surface area contributed by atoms with Crippen molar-refractivity contribution in [1.82, 2.24) is 0 Å². The predicted molar refractivity (Wildman–Crippen MR) is 102 cm³/mol. The zero-order valence-electron chi connectivity index (χ0n) is 12.5. The van der Waals surface area contributed by atoms with Crippen molar-refractivity contribution in [2.24, 2.45) is 0 Å². The van der Waals surface area contributed by atoms with Crippen molar-refractivity contribution in [1.29, 1.82) is 0 Å². The SMILES string of the molecule is Nc1ccc2ccccc2c1.Nc1ccc2ccccc2c1Cl. The quantitative estimate of drug-likeness (QED) is 0.420. The molecule has 0 aromatic heterocycles. The number of halogens is 1. The molecule has 0 unspecified atom stereocenters. The van der Waals surface area contributed by atoms with E-state index in [0.717, 1.165) is 16.5 Å². The Bertz CT molecular complexity index is 964. The number of rotatable bonds is 0. The van der Waals surface area contributed by atoms with Crippen molar-refractivity contribution >= 4 is 44.5 Å². The smallest absolute Gasteiger partial charge is 0.0713 e. The van der Waals surface area contributed by atoms with Crippen LogP contribution >= 0.6 is 11.6 Å². The van der Waals surface area contributed by atoms with E-state index in [1.54, 1.807) is 0 Å². The fourth-order valence-electron chi connectivity index (χ4n) is 2.46. The summed E-state index contributed by atoms with van der Waals surface area (Å²) in [6.45, 7) is 0. The van der Waals surface area contributed by atoms with Crippen LogP contribution in [0.5, 0.6) is 0 Å². The molecule has 0 aliphatic rings. The van der Waals surface area contributed by atoms with E-state index in [9.17, 15) is 0 Å². The Morgan fingerprint density at radius 3 is 2.00 bits per heavy atom. The largest absolute Gasteiger partial charge is 0.399 e. The molecular weight excluding hydrogens is 304 g/mol. The third kappa shape index (κ3) is 3.38. The second-order valence-corrected chi connectivity index (χ2v) is 5.67. The molecule has 0 aliphatic heterocycles. The van der Waals surface area contributed by atoms with Crippen molar-refractivity contribution in [2.75, 3.05) is 11.5 Å². The zero-order valence-corrected chi connectivity index (χ0v) is 13.3. The topological polar surface area (TPSA) is 52.0 Å². The molecule has 0 amide bonds. The number of nitrogens with two attached hydrogens (primary N) is 2. The maximum absolute atomic E-state index is 6.00. The highest BCUT2D eigenvalue weighted by Gasteiger charge is 2.00. The van der Waals surface area contributed by atoms with Gasteiger partial charge in [-0.15, -0.1) is 0 Å². The minimum absolute atomic E-state index is 0.635. The summed E-state index contributed by atoms with van der Waals surface area (Å²) in [4.78, 5) is 0. The Hall–Kier alpha value is -2.71. The molecule has 4 N–H and O–H groups in total. The maximum Gasteiger partial charge on any atom is 0.0713 e. The Morgan fingerprint density at radius 1 is 0.609 bits per heavy atom. The van der Waals surface area contributed by atoms with Gasteiger partial charge >= 0.3 is 0 Å². The lowest BCUT2D eigenvalue weighted by molar-refractivity contribution is 1.72. The van der Waals surface area contributed by atoms with E-state index >= 15 is 0 Å². The molecule has 0 saturated heterocycles. The fraction of sp³-hybridized carbons (Fsp3) is 0. The van der Waals surface area contributed by atoms with Gasteiger partial charge in [0, 0.05) is 11.1 Å². The molecule has 0 heterocycles. The van der Waals surface area contributed by atoms with Gasteiger partial charge in [-0.3, -0.25) is 0 Å². The third-order valence-electron chi connectivity index (χ3n) is 3.67. The molecule has 3 heteroatoms. The molecular formula is C20H17ClN2. The second kappa shape index (κ2) is 6.59. The van der Waals surface area contributed by atoms with E-state index in [1.807, 2.05) is 66.7 Å². The first-order chi connectivity index (χ1) is 11.1. The number of fused-ring (bicyclic) bond motifs is 2. The van der Waals surface area contributed by atoms with Gasteiger partial charge in [-0.05, 0) is 34.4 Å². The molecule has 0 saturated carbocycles. The van der Waals surface area contributed by atoms with Crippen LogP contribution in [0.2, 0.25) is 5.02 Å². The molecule has 0 atom stereocenters. The first-order valence-corrected chi connectivity index (χ1v) is 7.70.